The smallest absolute Gasteiger partial charge is 0.295 e. The molecule has 0 amide bonds. The third-order valence-electron chi connectivity index (χ3n) is 1.81. The van der Waals surface area contributed by atoms with Crippen molar-refractivity contribution in [2.45, 2.75) is 6.43 Å². The number of rotatable bonds is 1. The number of aromatic amines is 1. The van der Waals surface area contributed by atoms with Crippen LogP contribution in [0.5, 0.6) is 0 Å². The van der Waals surface area contributed by atoms with E-state index in [0.29, 0.717) is 16.7 Å². The highest BCUT2D eigenvalue weighted by atomic mass is 79.9. The van der Waals surface area contributed by atoms with Gasteiger partial charge in [-0.15, -0.1) is 0 Å². The summed E-state index contributed by atoms with van der Waals surface area (Å²) in [5.74, 6) is -0.357. The summed E-state index contributed by atoms with van der Waals surface area (Å²) in [5.41, 5.74) is 6.87. The molecule has 6 heteroatoms. The van der Waals surface area contributed by atoms with Gasteiger partial charge < -0.3 is 10.7 Å². The van der Waals surface area contributed by atoms with Gasteiger partial charge in [-0.25, -0.2) is 13.8 Å². The second-order valence-corrected chi connectivity index (χ2v) is 3.73. The maximum Gasteiger partial charge on any atom is 0.295 e. The van der Waals surface area contributed by atoms with Gasteiger partial charge in [-0.05, 0) is 12.1 Å². The maximum atomic E-state index is 12.3. The van der Waals surface area contributed by atoms with E-state index in [9.17, 15) is 8.78 Å². The first-order valence-corrected chi connectivity index (χ1v) is 4.60. The maximum absolute atomic E-state index is 12.3. The number of halogens is 3. The molecular weight excluding hydrogens is 256 g/mol. The molecule has 2 rings (SSSR count). The second-order valence-electron chi connectivity index (χ2n) is 2.81. The number of nitrogens with two attached hydrogens (primary N) is 1. The lowest BCUT2D eigenvalue weighted by molar-refractivity contribution is 0.142. The number of anilines is 1. The van der Waals surface area contributed by atoms with Crippen LogP contribution in [0.25, 0.3) is 11.0 Å². The summed E-state index contributed by atoms with van der Waals surface area (Å²) in [6, 6.07) is 3.28. The number of H-pyrrole nitrogens is 1. The van der Waals surface area contributed by atoms with E-state index in [0.717, 1.165) is 4.47 Å². The fourth-order valence-electron chi connectivity index (χ4n) is 1.23. The van der Waals surface area contributed by atoms with Gasteiger partial charge >= 0.3 is 0 Å². The molecule has 0 unspecified atom stereocenters. The summed E-state index contributed by atoms with van der Waals surface area (Å²) in [6.45, 7) is 0. The Balaban J connectivity index is 2.70. The van der Waals surface area contributed by atoms with Crippen molar-refractivity contribution in [2.24, 2.45) is 0 Å². The molecule has 3 nitrogen and oxygen atoms in total. The molecule has 0 spiro atoms. The molecule has 0 aliphatic rings. The zero-order valence-electron chi connectivity index (χ0n) is 6.89. The number of hydrogen-bond donors (Lipinski definition) is 2. The van der Waals surface area contributed by atoms with E-state index in [2.05, 4.69) is 25.9 Å². The Labute approximate surface area is 86.4 Å². The number of nitrogens with one attached hydrogen (secondary N) is 1. The number of imidazole rings is 1. The molecule has 0 atom stereocenters. The summed E-state index contributed by atoms with van der Waals surface area (Å²) in [5, 5.41) is 0. The highest BCUT2D eigenvalue weighted by molar-refractivity contribution is 9.10. The molecule has 0 aliphatic heterocycles. The standard InChI is InChI=1S/C8H6BrF2N3/c9-3-1-4(12)6-5(2-3)13-8(14-6)7(10)11/h1-2,7H,12H2,(H,13,14). The molecule has 74 valence electrons. The van der Waals surface area contributed by atoms with Gasteiger partial charge in [0.1, 0.15) is 5.52 Å². The molecule has 3 N–H and O–H groups in total. The first kappa shape index (κ1) is 9.39. The third-order valence-corrected chi connectivity index (χ3v) is 2.26. The van der Waals surface area contributed by atoms with Gasteiger partial charge in [-0.2, -0.15) is 0 Å². The van der Waals surface area contributed by atoms with E-state index < -0.39 is 6.43 Å². The molecule has 0 aliphatic carbocycles. The van der Waals surface area contributed by atoms with Crippen LogP contribution in [0.1, 0.15) is 12.2 Å². The van der Waals surface area contributed by atoms with Gasteiger partial charge in [0.15, 0.2) is 5.82 Å². The van der Waals surface area contributed by atoms with Crippen LogP contribution in [0, 0.1) is 0 Å². The average Bonchev–Trinajstić information content (AvgIpc) is 2.47. The molecular formula is C8H6BrF2N3. The van der Waals surface area contributed by atoms with E-state index in [1.54, 1.807) is 12.1 Å². The lowest BCUT2D eigenvalue weighted by atomic mass is 10.3. The topological polar surface area (TPSA) is 54.7 Å². The average molecular weight is 262 g/mol. The van der Waals surface area contributed by atoms with Crippen LogP contribution in [0.4, 0.5) is 14.5 Å². The minimum Gasteiger partial charge on any atom is -0.397 e. The Kier molecular flexibility index (Phi) is 2.14. The van der Waals surface area contributed by atoms with E-state index in [1.807, 2.05) is 0 Å². The van der Waals surface area contributed by atoms with Crippen molar-refractivity contribution in [1.82, 2.24) is 9.97 Å². The molecule has 0 radical (unpaired) electrons. The van der Waals surface area contributed by atoms with Crippen LogP contribution < -0.4 is 5.73 Å². The minimum atomic E-state index is -2.61. The summed E-state index contributed by atoms with van der Waals surface area (Å²) in [6.07, 6.45) is -2.61. The molecule has 0 fully saturated rings. The second kappa shape index (κ2) is 3.20. The van der Waals surface area contributed by atoms with Crippen LogP contribution in [-0.4, -0.2) is 9.97 Å². The zero-order chi connectivity index (χ0) is 10.3. The van der Waals surface area contributed by atoms with E-state index in [1.165, 1.54) is 0 Å². The molecule has 0 saturated carbocycles. The van der Waals surface area contributed by atoms with Gasteiger partial charge in [-0.3, -0.25) is 0 Å². The van der Waals surface area contributed by atoms with Gasteiger partial charge in [0.2, 0.25) is 0 Å². The highest BCUT2D eigenvalue weighted by Gasteiger charge is 2.14. The number of fused-ring (bicyclic) bond motifs is 1. The van der Waals surface area contributed by atoms with Crippen molar-refractivity contribution in [3.05, 3.63) is 22.4 Å². The predicted molar refractivity (Wildman–Crippen MR) is 53.2 cm³/mol. The summed E-state index contributed by atoms with van der Waals surface area (Å²) in [4.78, 5) is 6.21. The van der Waals surface area contributed by atoms with E-state index in [-0.39, 0.29) is 5.82 Å². The SMILES string of the molecule is Nc1cc(Br)cc2[nH]c(C(F)F)nc12. The summed E-state index contributed by atoms with van der Waals surface area (Å²) in [7, 11) is 0. The first-order chi connectivity index (χ1) is 6.58. The highest BCUT2D eigenvalue weighted by Crippen LogP contribution is 2.27. The lowest BCUT2D eigenvalue weighted by Crippen LogP contribution is -1.87. The number of aromatic nitrogens is 2. The van der Waals surface area contributed by atoms with Gasteiger partial charge in [0.05, 0.1) is 11.2 Å². The molecule has 1 aromatic carbocycles. The van der Waals surface area contributed by atoms with Crippen LogP contribution in [0.3, 0.4) is 0 Å². The van der Waals surface area contributed by atoms with Crippen LogP contribution >= 0.6 is 15.9 Å². The Hall–Kier alpha value is -1.17. The Morgan fingerprint density at radius 3 is 2.79 bits per heavy atom. The summed E-state index contributed by atoms with van der Waals surface area (Å²) >= 11 is 3.21. The molecule has 0 saturated heterocycles. The minimum absolute atomic E-state index is 0.357. The molecule has 0 bridgehead atoms. The molecule has 1 aromatic heterocycles. The Bertz CT molecular complexity index is 481. The lowest BCUT2D eigenvalue weighted by Gasteiger charge is -1.94. The number of benzene rings is 1. The van der Waals surface area contributed by atoms with Crippen molar-refractivity contribution < 1.29 is 8.78 Å². The van der Waals surface area contributed by atoms with Gasteiger partial charge in [0.25, 0.3) is 6.43 Å². The number of nitrogens with zero attached hydrogens (tertiary/aromatic N) is 1. The van der Waals surface area contributed by atoms with Gasteiger partial charge in [0, 0.05) is 4.47 Å². The monoisotopic (exact) mass is 261 g/mol. The first-order valence-electron chi connectivity index (χ1n) is 3.80. The Morgan fingerprint density at radius 2 is 2.14 bits per heavy atom. The fourth-order valence-corrected chi connectivity index (χ4v) is 1.71. The van der Waals surface area contributed by atoms with Crippen LogP contribution in [0.15, 0.2) is 16.6 Å². The molecule has 1 heterocycles. The zero-order valence-corrected chi connectivity index (χ0v) is 8.48. The van der Waals surface area contributed by atoms with Crippen molar-refractivity contribution in [1.29, 1.82) is 0 Å². The van der Waals surface area contributed by atoms with Gasteiger partial charge in [-0.1, -0.05) is 15.9 Å². The van der Waals surface area contributed by atoms with Crippen molar-refractivity contribution >= 4 is 32.7 Å². The number of nitrogen functional groups attached to an aromatic ring is 1. The predicted octanol–water partition coefficient (Wildman–Crippen LogP) is 2.85. The van der Waals surface area contributed by atoms with Crippen molar-refractivity contribution in [2.75, 3.05) is 5.73 Å². The molecule has 2 aromatic rings. The quantitative estimate of drug-likeness (QED) is 0.776. The molecule has 14 heavy (non-hydrogen) atoms. The van der Waals surface area contributed by atoms with Crippen LogP contribution in [-0.2, 0) is 0 Å². The van der Waals surface area contributed by atoms with Crippen molar-refractivity contribution in [3.63, 3.8) is 0 Å². The third kappa shape index (κ3) is 1.45. The largest absolute Gasteiger partial charge is 0.397 e. The number of hydrogen-bond acceptors (Lipinski definition) is 2. The normalized spacial score (nSPS) is 11.4. The Morgan fingerprint density at radius 1 is 1.43 bits per heavy atom. The van der Waals surface area contributed by atoms with E-state index >= 15 is 0 Å². The fraction of sp³-hybridized carbons (Fsp3) is 0.125. The number of alkyl halides is 2. The van der Waals surface area contributed by atoms with E-state index in [4.69, 9.17) is 5.73 Å². The van der Waals surface area contributed by atoms with Crippen LogP contribution in [0.2, 0.25) is 0 Å². The van der Waals surface area contributed by atoms with Crippen molar-refractivity contribution in [3.8, 4) is 0 Å². The summed E-state index contributed by atoms with van der Waals surface area (Å²) < 4.78 is 25.3.